The Labute approximate surface area is 241 Å². The van der Waals surface area contributed by atoms with Crippen LogP contribution in [0.3, 0.4) is 0 Å². The first-order valence-corrected chi connectivity index (χ1v) is 14.0. The Bertz CT molecular complexity index is 1890. The molecule has 1 aliphatic heterocycles. The van der Waals surface area contributed by atoms with Gasteiger partial charge in [0.15, 0.2) is 5.82 Å². The Morgan fingerprint density at radius 1 is 1.07 bits per heavy atom. The number of halogens is 1. The van der Waals surface area contributed by atoms with Crippen LogP contribution in [0.15, 0.2) is 74.8 Å². The zero-order chi connectivity index (χ0) is 29.2. The van der Waals surface area contributed by atoms with Crippen molar-refractivity contribution in [3.8, 4) is 34.0 Å². The van der Waals surface area contributed by atoms with Crippen LogP contribution < -0.4 is 21.4 Å². The third kappa shape index (κ3) is 5.11. The van der Waals surface area contributed by atoms with Crippen molar-refractivity contribution in [2.75, 3.05) is 19.0 Å². The van der Waals surface area contributed by atoms with Crippen LogP contribution in [0.1, 0.15) is 42.1 Å². The smallest absolute Gasteiger partial charge is 0.439 e. The minimum absolute atomic E-state index is 0.0906. The molecule has 0 bridgehead atoms. The minimum Gasteiger partial charge on any atom is -0.493 e. The lowest BCUT2D eigenvalue weighted by atomic mass is 9.95. The number of fused-ring (bicyclic) bond motifs is 1. The highest BCUT2D eigenvalue weighted by atomic mass is 19.1. The zero-order valence-electron chi connectivity index (χ0n) is 23.4. The lowest BCUT2D eigenvalue weighted by molar-refractivity contribution is 0.357. The predicted molar refractivity (Wildman–Crippen MR) is 158 cm³/mol. The molecule has 2 aromatic heterocycles. The van der Waals surface area contributed by atoms with Gasteiger partial charge in [0.2, 0.25) is 5.95 Å². The van der Waals surface area contributed by atoms with Gasteiger partial charge in [0, 0.05) is 31.0 Å². The standard InChI is InChI=1S/C32H30FN5O4/c1-3-4-9-27-25(30(39)38(31(34-2)35-27)22-12-13-28-21(16-22)14-15-41-28)17-20-11-10-19(18-26(20)33)23-7-5-6-8-24(23)29-36-32(40)42-37-29/h5-8,10-13,16,18H,3-4,9,14-15,17H2,1-2H3,(H,34,35)(H,36,37,40). The number of aromatic nitrogens is 4. The van der Waals surface area contributed by atoms with Crippen LogP contribution in [-0.4, -0.2) is 33.3 Å². The fraction of sp³-hybridized carbons (Fsp3) is 0.250. The summed E-state index contributed by atoms with van der Waals surface area (Å²) < 4.78 is 27.6. The number of nitrogens with one attached hydrogen (secondary N) is 2. The molecule has 5 aromatic rings. The lowest BCUT2D eigenvalue weighted by Gasteiger charge is -2.18. The van der Waals surface area contributed by atoms with E-state index in [0.29, 0.717) is 58.2 Å². The van der Waals surface area contributed by atoms with Crippen molar-refractivity contribution < 1.29 is 13.7 Å². The van der Waals surface area contributed by atoms with E-state index in [1.807, 2.05) is 30.3 Å². The van der Waals surface area contributed by atoms with Gasteiger partial charge in [-0.1, -0.05) is 54.9 Å². The molecule has 0 atom stereocenters. The molecule has 1 aliphatic rings. The fourth-order valence-corrected chi connectivity index (χ4v) is 5.38. The van der Waals surface area contributed by atoms with Crippen molar-refractivity contribution in [3.63, 3.8) is 0 Å². The lowest BCUT2D eigenvalue weighted by Crippen LogP contribution is -2.28. The van der Waals surface area contributed by atoms with Crippen LogP contribution in [0.2, 0.25) is 0 Å². The number of rotatable bonds is 9. The molecule has 214 valence electrons. The third-order valence-corrected chi connectivity index (χ3v) is 7.54. The van der Waals surface area contributed by atoms with Gasteiger partial charge in [-0.05, 0) is 59.4 Å². The van der Waals surface area contributed by atoms with E-state index in [9.17, 15) is 9.59 Å². The van der Waals surface area contributed by atoms with Gasteiger partial charge in [-0.2, -0.15) is 0 Å². The molecule has 3 aromatic carbocycles. The number of unbranched alkanes of at least 4 members (excludes halogenated alkanes) is 1. The van der Waals surface area contributed by atoms with Gasteiger partial charge in [0.1, 0.15) is 11.6 Å². The quantitative estimate of drug-likeness (QED) is 0.249. The van der Waals surface area contributed by atoms with E-state index in [1.54, 1.807) is 35.9 Å². The molecule has 0 aliphatic carbocycles. The van der Waals surface area contributed by atoms with Gasteiger partial charge < -0.3 is 10.1 Å². The van der Waals surface area contributed by atoms with Crippen LogP contribution in [0.5, 0.6) is 5.75 Å². The highest BCUT2D eigenvalue weighted by Gasteiger charge is 2.21. The summed E-state index contributed by atoms with van der Waals surface area (Å²) in [7, 11) is 1.74. The highest BCUT2D eigenvalue weighted by Crippen LogP contribution is 2.32. The summed E-state index contributed by atoms with van der Waals surface area (Å²) in [6.07, 6.45) is 3.26. The van der Waals surface area contributed by atoms with Crippen LogP contribution in [0, 0.1) is 5.82 Å². The van der Waals surface area contributed by atoms with Crippen LogP contribution in [0.4, 0.5) is 10.3 Å². The fourth-order valence-electron chi connectivity index (χ4n) is 5.38. The number of aromatic amines is 1. The van der Waals surface area contributed by atoms with Gasteiger partial charge >= 0.3 is 5.76 Å². The number of hydrogen-bond acceptors (Lipinski definition) is 7. The van der Waals surface area contributed by atoms with E-state index >= 15 is 4.39 Å². The molecule has 0 spiro atoms. The molecule has 0 amide bonds. The van der Waals surface area contributed by atoms with Gasteiger partial charge in [-0.15, -0.1) is 0 Å². The first kappa shape index (κ1) is 27.2. The van der Waals surface area contributed by atoms with Crippen LogP contribution >= 0.6 is 0 Å². The molecular formula is C32H30FN5O4. The van der Waals surface area contributed by atoms with Gasteiger partial charge in [0.25, 0.3) is 5.56 Å². The van der Waals surface area contributed by atoms with Crippen molar-refractivity contribution in [3.05, 3.63) is 110 Å². The van der Waals surface area contributed by atoms with Crippen molar-refractivity contribution in [1.29, 1.82) is 0 Å². The van der Waals surface area contributed by atoms with E-state index in [0.717, 1.165) is 30.6 Å². The Morgan fingerprint density at radius 3 is 2.64 bits per heavy atom. The van der Waals surface area contributed by atoms with Gasteiger partial charge in [0.05, 0.1) is 18.0 Å². The average molecular weight is 568 g/mol. The molecular weight excluding hydrogens is 537 g/mol. The summed E-state index contributed by atoms with van der Waals surface area (Å²) in [4.78, 5) is 33.0. The largest absolute Gasteiger partial charge is 0.493 e. The molecule has 42 heavy (non-hydrogen) atoms. The number of anilines is 1. The van der Waals surface area contributed by atoms with Crippen molar-refractivity contribution >= 4 is 5.95 Å². The van der Waals surface area contributed by atoms with Crippen molar-refractivity contribution in [2.45, 2.75) is 39.0 Å². The number of ether oxygens (including phenoxy) is 1. The van der Waals surface area contributed by atoms with E-state index in [1.165, 1.54) is 6.07 Å². The maximum absolute atomic E-state index is 15.7. The van der Waals surface area contributed by atoms with Gasteiger partial charge in [-0.3, -0.25) is 14.3 Å². The maximum atomic E-state index is 15.7. The molecule has 0 radical (unpaired) electrons. The number of nitrogens with zero attached hydrogens (tertiary/aromatic N) is 3. The SMILES string of the molecule is CCCCc1nc(NC)n(-c2ccc3c(c2)CCO3)c(=O)c1Cc1ccc(-c2ccccc2-c2noc(=O)[nH]2)cc1F. The normalized spacial score (nSPS) is 12.3. The Balaban J connectivity index is 1.41. The third-order valence-electron chi connectivity index (χ3n) is 7.54. The van der Waals surface area contributed by atoms with E-state index in [4.69, 9.17) is 9.72 Å². The Kier molecular flexibility index (Phi) is 7.43. The van der Waals surface area contributed by atoms with E-state index < -0.39 is 11.6 Å². The van der Waals surface area contributed by atoms with Crippen molar-refractivity contribution in [1.82, 2.24) is 19.7 Å². The Hall–Kier alpha value is -4.99. The molecule has 0 saturated heterocycles. The summed E-state index contributed by atoms with van der Waals surface area (Å²) in [6, 6.07) is 17.8. The number of aryl methyl sites for hydroxylation is 1. The van der Waals surface area contributed by atoms with E-state index in [2.05, 4.69) is 26.9 Å². The summed E-state index contributed by atoms with van der Waals surface area (Å²) >= 11 is 0. The summed E-state index contributed by atoms with van der Waals surface area (Å²) in [6.45, 7) is 2.69. The second-order valence-electron chi connectivity index (χ2n) is 10.2. The highest BCUT2D eigenvalue weighted by molar-refractivity contribution is 5.80. The van der Waals surface area contributed by atoms with Gasteiger partial charge in [-0.25, -0.2) is 18.7 Å². The maximum Gasteiger partial charge on any atom is 0.439 e. The molecule has 0 saturated carbocycles. The molecule has 3 heterocycles. The average Bonchev–Trinajstić information content (AvgIpc) is 3.66. The molecule has 2 N–H and O–H groups in total. The first-order chi connectivity index (χ1) is 20.5. The molecule has 10 heteroatoms. The zero-order valence-corrected chi connectivity index (χ0v) is 23.4. The summed E-state index contributed by atoms with van der Waals surface area (Å²) in [5.41, 5.74) is 4.88. The molecule has 0 unspecified atom stereocenters. The van der Waals surface area contributed by atoms with Crippen molar-refractivity contribution in [2.24, 2.45) is 0 Å². The molecule has 6 rings (SSSR count). The number of H-pyrrole nitrogens is 1. The summed E-state index contributed by atoms with van der Waals surface area (Å²) in [5.74, 6) is 0.402. The first-order valence-electron chi connectivity index (χ1n) is 14.0. The second-order valence-corrected chi connectivity index (χ2v) is 10.2. The van der Waals surface area contributed by atoms with Crippen LogP contribution in [-0.2, 0) is 19.3 Å². The number of benzene rings is 3. The monoisotopic (exact) mass is 567 g/mol. The molecule has 9 nitrogen and oxygen atoms in total. The predicted octanol–water partition coefficient (Wildman–Crippen LogP) is 5.29. The number of hydrogen-bond donors (Lipinski definition) is 2. The minimum atomic E-state index is -0.669. The molecule has 0 fully saturated rings. The Morgan fingerprint density at radius 2 is 1.90 bits per heavy atom. The van der Waals surface area contributed by atoms with Crippen LogP contribution in [0.25, 0.3) is 28.2 Å². The van der Waals surface area contributed by atoms with E-state index in [-0.39, 0.29) is 17.8 Å². The second kappa shape index (κ2) is 11.5. The topological polar surface area (TPSA) is 115 Å². The summed E-state index contributed by atoms with van der Waals surface area (Å²) in [5, 5.41) is 6.87.